The van der Waals surface area contributed by atoms with Crippen molar-refractivity contribution in [2.75, 3.05) is 6.54 Å². The maximum absolute atomic E-state index is 11.6. The summed E-state index contributed by atoms with van der Waals surface area (Å²) in [6, 6.07) is 6.40. The Balaban J connectivity index is 2.41. The van der Waals surface area contributed by atoms with Gasteiger partial charge < -0.3 is 16.2 Å². The fraction of sp³-hybridized carbons (Fsp3) is 0.417. The van der Waals surface area contributed by atoms with Crippen LogP contribution in [-0.4, -0.2) is 23.6 Å². The molecule has 0 spiro atoms. The van der Waals surface area contributed by atoms with Crippen LogP contribution in [0.25, 0.3) is 0 Å². The van der Waals surface area contributed by atoms with Crippen LogP contribution in [0.3, 0.4) is 0 Å². The van der Waals surface area contributed by atoms with E-state index >= 15 is 0 Å². The molecule has 1 rings (SSSR count). The Morgan fingerprint density at radius 1 is 1.56 bits per heavy atom. The molecular formula is C12H18N2O2. The SMILES string of the molecule is CCC(N)CCNC(=O)c1cccc(O)c1. The van der Waals surface area contributed by atoms with Crippen LogP contribution >= 0.6 is 0 Å². The number of carbonyl (C=O) groups is 1. The maximum Gasteiger partial charge on any atom is 0.251 e. The van der Waals surface area contributed by atoms with Crippen LogP contribution in [0.15, 0.2) is 24.3 Å². The molecule has 0 heterocycles. The predicted octanol–water partition coefficient (Wildman–Crippen LogP) is 1.25. The monoisotopic (exact) mass is 222 g/mol. The highest BCUT2D eigenvalue weighted by Gasteiger charge is 2.06. The summed E-state index contributed by atoms with van der Waals surface area (Å²) in [6.07, 6.45) is 1.67. The number of phenolic OH excluding ortho intramolecular Hbond substituents is 1. The molecule has 0 saturated heterocycles. The zero-order valence-electron chi connectivity index (χ0n) is 9.44. The van der Waals surface area contributed by atoms with Crippen LogP contribution in [0.1, 0.15) is 30.1 Å². The molecule has 1 atom stereocenters. The smallest absolute Gasteiger partial charge is 0.251 e. The second-order valence-electron chi connectivity index (χ2n) is 3.76. The molecule has 4 heteroatoms. The van der Waals surface area contributed by atoms with Crippen molar-refractivity contribution in [1.29, 1.82) is 0 Å². The molecule has 0 fully saturated rings. The zero-order valence-corrected chi connectivity index (χ0v) is 9.44. The van der Waals surface area contributed by atoms with Crippen LogP contribution in [-0.2, 0) is 0 Å². The van der Waals surface area contributed by atoms with Crippen molar-refractivity contribution in [2.24, 2.45) is 5.73 Å². The van der Waals surface area contributed by atoms with Gasteiger partial charge in [-0.15, -0.1) is 0 Å². The van der Waals surface area contributed by atoms with Crippen LogP contribution in [0.2, 0.25) is 0 Å². The number of nitrogens with two attached hydrogens (primary N) is 1. The van der Waals surface area contributed by atoms with Crippen LogP contribution in [0.5, 0.6) is 5.75 Å². The minimum atomic E-state index is -0.181. The van der Waals surface area contributed by atoms with Crippen molar-refractivity contribution in [2.45, 2.75) is 25.8 Å². The molecule has 0 aliphatic rings. The van der Waals surface area contributed by atoms with Crippen LogP contribution in [0, 0.1) is 0 Å². The van der Waals surface area contributed by atoms with Gasteiger partial charge in [-0.1, -0.05) is 13.0 Å². The number of hydrogen-bond acceptors (Lipinski definition) is 3. The van der Waals surface area contributed by atoms with E-state index in [1.54, 1.807) is 12.1 Å². The van der Waals surface area contributed by atoms with Gasteiger partial charge in [0.05, 0.1) is 0 Å². The lowest BCUT2D eigenvalue weighted by Crippen LogP contribution is -2.29. The molecule has 4 N–H and O–H groups in total. The Labute approximate surface area is 95.5 Å². The number of benzene rings is 1. The van der Waals surface area contributed by atoms with Crippen molar-refractivity contribution >= 4 is 5.91 Å². The molecular weight excluding hydrogens is 204 g/mol. The molecule has 0 aromatic heterocycles. The van der Waals surface area contributed by atoms with Gasteiger partial charge in [-0.25, -0.2) is 0 Å². The van der Waals surface area contributed by atoms with E-state index in [-0.39, 0.29) is 17.7 Å². The lowest BCUT2D eigenvalue weighted by Gasteiger charge is -2.09. The van der Waals surface area contributed by atoms with Gasteiger partial charge >= 0.3 is 0 Å². The lowest BCUT2D eigenvalue weighted by atomic mass is 10.1. The molecule has 1 unspecified atom stereocenters. The van der Waals surface area contributed by atoms with Gasteiger partial charge in [0.15, 0.2) is 0 Å². The van der Waals surface area contributed by atoms with Crippen LogP contribution < -0.4 is 11.1 Å². The number of carbonyl (C=O) groups excluding carboxylic acids is 1. The van der Waals surface area contributed by atoms with Crippen molar-refractivity contribution in [3.05, 3.63) is 29.8 Å². The normalized spacial score (nSPS) is 12.1. The first-order chi connectivity index (χ1) is 7.63. The Morgan fingerprint density at radius 3 is 2.94 bits per heavy atom. The second-order valence-corrected chi connectivity index (χ2v) is 3.76. The Hall–Kier alpha value is -1.55. The highest BCUT2D eigenvalue weighted by atomic mass is 16.3. The number of nitrogens with one attached hydrogen (secondary N) is 1. The van der Waals surface area contributed by atoms with Crippen molar-refractivity contribution in [1.82, 2.24) is 5.32 Å². The standard InChI is InChI=1S/C12H18N2O2/c1-2-10(13)6-7-14-12(16)9-4-3-5-11(15)8-9/h3-5,8,10,15H,2,6-7,13H2,1H3,(H,14,16). The van der Waals surface area contributed by atoms with E-state index < -0.39 is 0 Å². The second kappa shape index (κ2) is 6.12. The largest absolute Gasteiger partial charge is 0.508 e. The van der Waals surface area contributed by atoms with Gasteiger partial charge in [-0.2, -0.15) is 0 Å². The lowest BCUT2D eigenvalue weighted by molar-refractivity contribution is 0.0952. The van der Waals surface area contributed by atoms with E-state index in [1.165, 1.54) is 12.1 Å². The Morgan fingerprint density at radius 2 is 2.31 bits per heavy atom. The summed E-state index contributed by atoms with van der Waals surface area (Å²) in [5.41, 5.74) is 6.19. The molecule has 1 aromatic rings. The summed E-state index contributed by atoms with van der Waals surface area (Å²) in [4.78, 5) is 11.6. The molecule has 0 radical (unpaired) electrons. The van der Waals surface area contributed by atoms with Crippen molar-refractivity contribution in [3.63, 3.8) is 0 Å². The Kier molecular flexibility index (Phi) is 4.79. The summed E-state index contributed by atoms with van der Waals surface area (Å²) in [5.74, 6) is -0.0860. The van der Waals surface area contributed by atoms with E-state index in [2.05, 4.69) is 5.32 Å². The number of phenols is 1. The third kappa shape index (κ3) is 3.90. The minimum absolute atomic E-state index is 0.0953. The molecule has 88 valence electrons. The summed E-state index contributed by atoms with van der Waals surface area (Å²) in [7, 11) is 0. The van der Waals surface area contributed by atoms with Crippen LogP contribution in [0.4, 0.5) is 0 Å². The third-order valence-electron chi connectivity index (χ3n) is 2.43. The van der Waals surface area contributed by atoms with Gasteiger partial charge in [0.2, 0.25) is 0 Å². The Bertz CT molecular complexity index is 353. The topological polar surface area (TPSA) is 75.3 Å². The minimum Gasteiger partial charge on any atom is -0.508 e. The van der Waals surface area contributed by atoms with Gasteiger partial charge in [-0.3, -0.25) is 4.79 Å². The maximum atomic E-state index is 11.6. The first kappa shape index (κ1) is 12.5. The van der Waals surface area contributed by atoms with Crippen molar-refractivity contribution in [3.8, 4) is 5.75 Å². The molecule has 0 bridgehead atoms. The number of hydrogen-bond donors (Lipinski definition) is 3. The molecule has 0 saturated carbocycles. The highest BCUT2D eigenvalue weighted by Crippen LogP contribution is 2.10. The summed E-state index contributed by atoms with van der Waals surface area (Å²) in [5, 5.41) is 12.0. The number of rotatable bonds is 5. The summed E-state index contributed by atoms with van der Waals surface area (Å²) >= 11 is 0. The highest BCUT2D eigenvalue weighted by molar-refractivity contribution is 5.94. The fourth-order valence-corrected chi connectivity index (χ4v) is 1.32. The summed E-state index contributed by atoms with van der Waals surface area (Å²) in [6.45, 7) is 2.57. The molecule has 0 aliphatic carbocycles. The third-order valence-corrected chi connectivity index (χ3v) is 2.43. The zero-order chi connectivity index (χ0) is 12.0. The van der Waals surface area contributed by atoms with E-state index in [4.69, 9.17) is 5.73 Å². The van der Waals surface area contributed by atoms with Crippen molar-refractivity contribution < 1.29 is 9.90 Å². The molecule has 1 aromatic carbocycles. The molecule has 16 heavy (non-hydrogen) atoms. The number of aromatic hydroxyl groups is 1. The van der Waals surface area contributed by atoms with Gasteiger partial charge in [0, 0.05) is 18.2 Å². The molecule has 0 aliphatic heterocycles. The molecule has 4 nitrogen and oxygen atoms in total. The van der Waals surface area contributed by atoms with E-state index in [9.17, 15) is 9.90 Å². The van der Waals surface area contributed by atoms with E-state index in [1.807, 2.05) is 6.92 Å². The van der Waals surface area contributed by atoms with Gasteiger partial charge in [-0.05, 0) is 31.0 Å². The average Bonchev–Trinajstić information content (AvgIpc) is 2.28. The summed E-state index contributed by atoms with van der Waals surface area (Å²) < 4.78 is 0. The molecule has 1 amide bonds. The quantitative estimate of drug-likeness (QED) is 0.701. The van der Waals surface area contributed by atoms with Gasteiger partial charge in [0.1, 0.15) is 5.75 Å². The number of amides is 1. The predicted molar refractivity (Wildman–Crippen MR) is 63.3 cm³/mol. The van der Waals surface area contributed by atoms with Gasteiger partial charge in [0.25, 0.3) is 5.91 Å². The average molecular weight is 222 g/mol. The first-order valence-electron chi connectivity index (χ1n) is 5.46. The van der Waals surface area contributed by atoms with E-state index in [0.717, 1.165) is 12.8 Å². The fourth-order valence-electron chi connectivity index (χ4n) is 1.32. The first-order valence-corrected chi connectivity index (χ1v) is 5.46. The van der Waals surface area contributed by atoms with E-state index in [0.29, 0.717) is 12.1 Å².